The molecule has 0 unspecified atom stereocenters. The normalized spacial score (nSPS) is 12.0. The summed E-state index contributed by atoms with van der Waals surface area (Å²) in [5.41, 5.74) is 2.71. The van der Waals surface area contributed by atoms with Crippen LogP contribution in [0.1, 0.15) is 35.3 Å². The Hall–Kier alpha value is -1.51. The first kappa shape index (κ1) is 12.6. The highest BCUT2D eigenvalue weighted by Gasteiger charge is 2.21. The van der Waals surface area contributed by atoms with Gasteiger partial charge in [0.1, 0.15) is 11.3 Å². The van der Waals surface area contributed by atoms with Crippen molar-refractivity contribution in [2.24, 2.45) is 0 Å². The second-order valence-electron chi connectivity index (χ2n) is 3.39. The van der Waals surface area contributed by atoms with Crippen molar-refractivity contribution < 1.29 is 14.3 Å². The van der Waals surface area contributed by atoms with E-state index in [1.54, 1.807) is 6.07 Å². The predicted molar refractivity (Wildman–Crippen MR) is 63.1 cm³/mol. The second-order valence-corrected chi connectivity index (χ2v) is 3.39. The molecule has 0 amide bonds. The van der Waals surface area contributed by atoms with Crippen LogP contribution in [0.5, 0.6) is 5.75 Å². The number of carbonyl (C=O) groups is 1. The van der Waals surface area contributed by atoms with Gasteiger partial charge in [0.25, 0.3) is 0 Å². The molecule has 0 fully saturated rings. The highest BCUT2D eigenvalue weighted by atomic mass is 16.5. The molecule has 0 radical (unpaired) electrons. The van der Waals surface area contributed by atoms with Crippen molar-refractivity contribution >= 4 is 5.97 Å². The van der Waals surface area contributed by atoms with Gasteiger partial charge in [-0.2, -0.15) is 0 Å². The molecule has 3 nitrogen and oxygen atoms in total. The summed E-state index contributed by atoms with van der Waals surface area (Å²) in [5, 5.41) is 0. The molecule has 1 aliphatic rings. The van der Waals surface area contributed by atoms with Crippen molar-refractivity contribution in [2.45, 2.75) is 27.2 Å². The van der Waals surface area contributed by atoms with E-state index in [1.807, 2.05) is 20.8 Å². The van der Waals surface area contributed by atoms with Gasteiger partial charge in [0.2, 0.25) is 0 Å². The van der Waals surface area contributed by atoms with E-state index in [0.717, 1.165) is 17.5 Å². The van der Waals surface area contributed by atoms with Crippen molar-refractivity contribution in [3.8, 4) is 5.75 Å². The Morgan fingerprint density at radius 3 is 2.69 bits per heavy atom. The van der Waals surface area contributed by atoms with Gasteiger partial charge in [-0.15, -0.1) is 0 Å². The first-order chi connectivity index (χ1) is 7.72. The van der Waals surface area contributed by atoms with Crippen LogP contribution in [0, 0.1) is 6.92 Å². The Kier molecular flexibility index (Phi) is 4.35. The lowest BCUT2D eigenvalue weighted by atomic mass is 10.0. The fraction of sp³-hybridized carbons (Fsp3) is 0.462. The zero-order valence-electron chi connectivity index (χ0n) is 10.3. The van der Waals surface area contributed by atoms with E-state index in [-0.39, 0.29) is 5.97 Å². The number of hydrogen-bond acceptors (Lipinski definition) is 3. The van der Waals surface area contributed by atoms with E-state index in [9.17, 15) is 4.79 Å². The van der Waals surface area contributed by atoms with Crippen LogP contribution in [0.3, 0.4) is 0 Å². The van der Waals surface area contributed by atoms with Gasteiger partial charge in [-0.25, -0.2) is 4.79 Å². The molecule has 1 aromatic carbocycles. The number of ether oxygens (including phenoxy) is 2. The summed E-state index contributed by atoms with van der Waals surface area (Å²) in [5.74, 6) is 0.370. The number of esters is 1. The van der Waals surface area contributed by atoms with Gasteiger partial charge >= 0.3 is 5.97 Å². The molecule has 2 rings (SSSR count). The van der Waals surface area contributed by atoms with Crippen molar-refractivity contribution in [3.05, 3.63) is 28.8 Å². The van der Waals surface area contributed by atoms with Crippen LogP contribution >= 0.6 is 0 Å². The zero-order valence-corrected chi connectivity index (χ0v) is 10.3. The molecule has 0 bridgehead atoms. The van der Waals surface area contributed by atoms with Crippen molar-refractivity contribution in [1.29, 1.82) is 0 Å². The topological polar surface area (TPSA) is 35.5 Å². The minimum atomic E-state index is -0.327. The maximum atomic E-state index is 11.4. The van der Waals surface area contributed by atoms with Crippen LogP contribution in [-0.4, -0.2) is 19.7 Å². The van der Waals surface area contributed by atoms with E-state index in [4.69, 9.17) is 9.47 Å². The quantitative estimate of drug-likeness (QED) is 0.685. The van der Waals surface area contributed by atoms with Gasteiger partial charge in [0.05, 0.1) is 13.7 Å². The van der Waals surface area contributed by atoms with E-state index < -0.39 is 0 Å². The van der Waals surface area contributed by atoms with Crippen LogP contribution in [0.15, 0.2) is 12.1 Å². The van der Waals surface area contributed by atoms with Crippen LogP contribution in [0.4, 0.5) is 0 Å². The van der Waals surface area contributed by atoms with Gasteiger partial charge < -0.3 is 9.47 Å². The highest BCUT2D eigenvalue weighted by Crippen LogP contribution is 2.31. The number of aryl methyl sites for hydroxylation is 1. The van der Waals surface area contributed by atoms with Crippen molar-refractivity contribution in [1.82, 2.24) is 0 Å². The molecule has 1 aromatic rings. The molecule has 0 atom stereocenters. The fourth-order valence-electron chi connectivity index (χ4n) is 1.73. The number of carbonyl (C=O) groups excluding carboxylic acids is 1. The molecule has 1 aliphatic heterocycles. The summed E-state index contributed by atoms with van der Waals surface area (Å²) in [7, 11) is 1.38. The Morgan fingerprint density at radius 1 is 1.38 bits per heavy atom. The first-order valence-corrected chi connectivity index (χ1v) is 5.57. The standard InChI is InChI=1S/C11H12O3.C2H6/c1-7-5-8-3-4-14-10(8)9(6-7)11(12)13-2;1-2/h5-6H,3-4H2,1-2H3;1-2H3. The molecule has 0 aromatic heterocycles. The van der Waals surface area contributed by atoms with E-state index >= 15 is 0 Å². The molecule has 0 N–H and O–H groups in total. The third-order valence-electron chi connectivity index (χ3n) is 2.33. The van der Waals surface area contributed by atoms with Crippen molar-refractivity contribution in [2.75, 3.05) is 13.7 Å². The van der Waals surface area contributed by atoms with Crippen LogP contribution in [0.25, 0.3) is 0 Å². The molecule has 88 valence electrons. The lowest BCUT2D eigenvalue weighted by molar-refractivity contribution is 0.0597. The Balaban J connectivity index is 0.000000606. The molecule has 0 saturated carbocycles. The van der Waals surface area contributed by atoms with Gasteiger partial charge in [0, 0.05) is 6.42 Å². The number of benzene rings is 1. The smallest absolute Gasteiger partial charge is 0.341 e. The Morgan fingerprint density at radius 2 is 2.06 bits per heavy atom. The average Bonchev–Trinajstić information content (AvgIpc) is 2.77. The molecule has 3 heteroatoms. The number of methoxy groups -OCH3 is 1. The molecule has 0 saturated heterocycles. The Labute approximate surface area is 96.4 Å². The Bertz CT molecular complexity index is 383. The maximum absolute atomic E-state index is 11.4. The minimum Gasteiger partial charge on any atom is -0.492 e. The lowest BCUT2D eigenvalue weighted by Crippen LogP contribution is -2.04. The third-order valence-corrected chi connectivity index (χ3v) is 2.33. The van der Waals surface area contributed by atoms with Gasteiger partial charge in [-0.05, 0) is 24.1 Å². The molecular weight excluding hydrogens is 204 g/mol. The van der Waals surface area contributed by atoms with Crippen molar-refractivity contribution in [3.63, 3.8) is 0 Å². The van der Waals surface area contributed by atoms with Crippen LogP contribution in [0.2, 0.25) is 0 Å². The summed E-state index contributed by atoms with van der Waals surface area (Å²) in [4.78, 5) is 11.4. The number of fused-ring (bicyclic) bond motifs is 1. The minimum absolute atomic E-state index is 0.327. The molecule has 1 heterocycles. The third kappa shape index (κ3) is 2.35. The second kappa shape index (κ2) is 5.54. The average molecular weight is 222 g/mol. The monoisotopic (exact) mass is 222 g/mol. The van der Waals surface area contributed by atoms with Gasteiger partial charge in [-0.1, -0.05) is 19.9 Å². The van der Waals surface area contributed by atoms with Crippen LogP contribution < -0.4 is 4.74 Å². The summed E-state index contributed by atoms with van der Waals surface area (Å²) >= 11 is 0. The summed E-state index contributed by atoms with van der Waals surface area (Å²) in [6.07, 6.45) is 0.876. The lowest BCUT2D eigenvalue weighted by Gasteiger charge is -2.07. The zero-order chi connectivity index (χ0) is 12.1. The van der Waals surface area contributed by atoms with E-state index in [1.165, 1.54) is 7.11 Å². The van der Waals surface area contributed by atoms with E-state index in [2.05, 4.69) is 6.07 Å². The SMILES string of the molecule is CC.COC(=O)c1cc(C)cc2c1OCC2. The summed E-state index contributed by atoms with van der Waals surface area (Å²) in [6, 6.07) is 3.85. The number of rotatable bonds is 1. The molecule has 0 aliphatic carbocycles. The molecule has 0 spiro atoms. The first-order valence-electron chi connectivity index (χ1n) is 5.57. The molecule has 16 heavy (non-hydrogen) atoms. The fourth-order valence-corrected chi connectivity index (χ4v) is 1.73. The summed E-state index contributed by atoms with van der Waals surface area (Å²) in [6.45, 7) is 6.62. The van der Waals surface area contributed by atoms with E-state index in [0.29, 0.717) is 17.9 Å². The van der Waals surface area contributed by atoms with Gasteiger partial charge in [0.15, 0.2) is 0 Å². The predicted octanol–water partition coefficient (Wildman–Crippen LogP) is 2.74. The number of hydrogen-bond donors (Lipinski definition) is 0. The van der Waals surface area contributed by atoms with Crippen LogP contribution in [-0.2, 0) is 11.2 Å². The highest BCUT2D eigenvalue weighted by molar-refractivity contribution is 5.93. The molecular formula is C13H18O3. The maximum Gasteiger partial charge on any atom is 0.341 e. The largest absolute Gasteiger partial charge is 0.492 e. The van der Waals surface area contributed by atoms with Gasteiger partial charge in [-0.3, -0.25) is 0 Å². The summed E-state index contributed by atoms with van der Waals surface area (Å²) < 4.78 is 10.1.